The molecule has 0 bridgehead atoms. The Morgan fingerprint density at radius 3 is 2.24 bits per heavy atom. The summed E-state index contributed by atoms with van der Waals surface area (Å²) >= 11 is 0. The SMILES string of the molecule is O=C(CCCCCCC/C=C\CCOc1ccc(N=Nc2ccccc2)cc1)OCC(O)CO. The average molecular weight is 469 g/mol. The van der Waals surface area contributed by atoms with Gasteiger partial charge in [-0.15, -0.1) is 0 Å². The molecule has 0 aliphatic rings. The van der Waals surface area contributed by atoms with Crippen LogP contribution < -0.4 is 4.74 Å². The van der Waals surface area contributed by atoms with Crippen LogP contribution in [0.3, 0.4) is 0 Å². The summed E-state index contributed by atoms with van der Waals surface area (Å²) in [6.07, 6.45) is 10.8. The molecule has 0 radical (unpaired) electrons. The van der Waals surface area contributed by atoms with Gasteiger partial charge in [0.05, 0.1) is 24.6 Å². The maximum Gasteiger partial charge on any atom is 0.305 e. The number of aliphatic hydroxyl groups is 2. The zero-order valence-electron chi connectivity index (χ0n) is 19.7. The molecule has 0 aromatic heterocycles. The van der Waals surface area contributed by atoms with Gasteiger partial charge >= 0.3 is 5.97 Å². The lowest BCUT2D eigenvalue weighted by atomic mass is 10.1. The fourth-order valence-electron chi connectivity index (χ4n) is 3.08. The second-order valence-corrected chi connectivity index (χ2v) is 7.96. The van der Waals surface area contributed by atoms with E-state index in [1.54, 1.807) is 0 Å². The molecule has 0 aliphatic carbocycles. The highest BCUT2D eigenvalue weighted by Crippen LogP contribution is 2.21. The first-order valence-corrected chi connectivity index (χ1v) is 12.0. The summed E-state index contributed by atoms with van der Waals surface area (Å²) in [5.74, 6) is 0.502. The zero-order chi connectivity index (χ0) is 24.3. The third kappa shape index (κ3) is 12.9. The molecule has 1 unspecified atom stereocenters. The molecular weight excluding hydrogens is 432 g/mol. The van der Waals surface area contributed by atoms with Crippen molar-refractivity contribution < 1.29 is 24.5 Å². The fourth-order valence-corrected chi connectivity index (χ4v) is 3.08. The predicted molar refractivity (Wildman–Crippen MR) is 133 cm³/mol. The van der Waals surface area contributed by atoms with Gasteiger partial charge in [0.25, 0.3) is 0 Å². The number of azo groups is 1. The standard InChI is InChI=1S/C27H36N2O5/c30-21-25(31)22-34-27(32)15-11-6-4-2-1-3-5-7-12-20-33-26-18-16-24(17-19-26)29-28-23-13-9-8-10-14-23/h5,7-10,13-14,16-19,25,30-31H,1-4,6,11-12,15,20-22H2/b7-5-,29-28?. The minimum absolute atomic E-state index is 0.138. The first-order chi connectivity index (χ1) is 16.7. The van der Waals surface area contributed by atoms with Crippen molar-refractivity contribution in [2.45, 2.75) is 57.5 Å². The van der Waals surface area contributed by atoms with Crippen molar-refractivity contribution in [2.24, 2.45) is 10.2 Å². The molecule has 0 saturated carbocycles. The van der Waals surface area contributed by atoms with Crippen molar-refractivity contribution in [1.29, 1.82) is 0 Å². The van der Waals surface area contributed by atoms with E-state index < -0.39 is 12.7 Å². The Balaban J connectivity index is 1.44. The first kappa shape index (κ1) is 27.2. The Morgan fingerprint density at radius 2 is 1.50 bits per heavy atom. The van der Waals surface area contributed by atoms with Gasteiger partial charge < -0.3 is 19.7 Å². The first-order valence-electron chi connectivity index (χ1n) is 12.0. The van der Waals surface area contributed by atoms with Crippen LogP contribution in [-0.4, -0.2) is 42.1 Å². The molecule has 0 heterocycles. The molecule has 2 aromatic carbocycles. The number of hydrogen-bond acceptors (Lipinski definition) is 7. The normalized spacial score (nSPS) is 12.3. The van der Waals surface area contributed by atoms with Crippen LogP contribution >= 0.6 is 0 Å². The monoisotopic (exact) mass is 468 g/mol. The molecule has 0 saturated heterocycles. The topological polar surface area (TPSA) is 101 Å². The minimum atomic E-state index is -0.988. The number of aliphatic hydroxyl groups excluding tert-OH is 2. The molecule has 2 N–H and O–H groups in total. The van der Waals surface area contributed by atoms with Crippen LogP contribution in [0.25, 0.3) is 0 Å². The number of nitrogens with zero attached hydrogens (tertiary/aromatic N) is 2. The molecule has 2 aromatic rings. The Bertz CT molecular complexity index is 853. The second-order valence-electron chi connectivity index (χ2n) is 7.96. The van der Waals surface area contributed by atoms with Crippen molar-refractivity contribution in [3.63, 3.8) is 0 Å². The van der Waals surface area contributed by atoms with Crippen LogP contribution in [0, 0.1) is 0 Å². The second kappa shape index (κ2) is 17.4. The Kier molecular flexibility index (Phi) is 14.0. The van der Waals surface area contributed by atoms with E-state index in [9.17, 15) is 4.79 Å². The average Bonchev–Trinajstić information content (AvgIpc) is 2.88. The van der Waals surface area contributed by atoms with Gasteiger partial charge in [-0.25, -0.2) is 0 Å². The molecule has 1 atom stereocenters. The largest absolute Gasteiger partial charge is 0.493 e. The van der Waals surface area contributed by atoms with Gasteiger partial charge in [-0.2, -0.15) is 10.2 Å². The Morgan fingerprint density at radius 1 is 0.853 bits per heavy atom. The van der Waals surface area contributed by atoms with E-state index in [1.165, 1.54) is 0 Å². The third-order valence-corrected chi connectivity index (χ3v) is 4.99. The molecule has 7 heteroatoms. The van der Waals surface area contributed by atoms with Gasteiger partial charge in [-0.1, -0.05) is 49.6 Å². The quantitative estimate of drug-likeness (QED) is 0.127. The van der Waals surface area contributed by atoms with Gasteiger partial charge in [-0.05, 0) is 62.1 Å². The van der Waals surface area contributed by atoms with Gasteiger partial charge in [0, 0.05) is 6.42 Å². The van der Waals surface area contributed by atoms with Gasteiger partial charge in [0.15, 0.2) is 0 Å². The number of rotatable bonds is 17. The van der Waals surface area contributed by atoms with Crippen LogP contribution in [0.1, 0.15) is 51.4 Å². The van der Waals surface area contributed by atoms with Crippen molar-refractivity contribution in [3.05, 3.63) is 66.7 Å². The Hall–Kier alpha value is -3.03. The van der Waals surface area contributed by atoms with Gasteiger partial charge in [0.2, 0.25) is 0 Å². The molecule has 0 aliphatic heterocycles. The molecular formula is C27H36N2O5. The van der Waals surface area contributed by atoms with Crippen LogP contribution in [0.15, 0.2) is 77.0 Å². The molecule has 0 spiro atoms. The summed E-state index contributed by atoms with van der Waals surface area (Å²) in [7, 11) is 0. The molecule has 7 nitrogen and oxygen atoms in total. The lowest BCUT2D eigenvalue weighted by Gasteiger charge is -2.08. The highest BCUT2D eigenvalue weighted by Gasteiger charge is 2.07. The van der Waals surface area contributed by atoms with Crippen LogP contribution in [0.4, 0.5) is 11.4 Å². The van der Waals surface area contributed by atoms with Crippen molar-refractivity contribution in [1.82, 2.24) is 0 Å². The van der Waals surface area contributed by atoms with Crippen molar-refractivity contribution in [3.8, 4) is 5.75 Å². The number of carbonyl (C=O) groups is 1. The maximum atomic E-state index is 11.5. The summed E-state index contributed by atoms with van der Waals surface area (Å²) in [6, 6.07) is 17.2. The smallest absolute Gasteiger partial charge is 0.305 e. The van der Waals surface area contributed by atoms with E-state index in [-0.39, 0.29) is 12.6 Å². The predicted octanol–water partition coefficient (Wildman–Crippen LogP) is 6.05. The maximum absolute atomic E-state index is 11.5. The van der Waals surface area contributed by atoms with Crippen molar-refractivity contribution in [2.75, 3.05) is 19.8 Å². The third-order valence-electron chi connectivity index (χ3n) is 4.99. The Labute approximate surface area is 202 Å². The van der Waals surface area contributed by atoms with E-state index >= 15 is 0 Å². The molecule has 0 amide bonds. The number of carbonyl (C=O) groups excluding carboxylic acids is 1. The van der Waals surface area contributed by atoms with E-state index in [2.05, 4.69) is 22.4 Å². The number of benzene rings is 2. The fraction of sp³-hybridized carbons (Fsp3) is 0.444. The molecule has 184 valence electrons. The van der Waals surface area contributed by atoms with Crippen LogP contribution in [0.2, 0.25) is 0 Å². The zero-order valence-corrected chi connectivity index (χ0v) is 19.7. The molecule has 0 fully saturated rings. The van der Waals surface area contributed by atoms with E-state index in [4.69, 9.17) is 19.7 Å². The summed E-state index contributed by atoms with van der Waals surface area (Å²) < 4.78 is 10.6. The number of hydrogen-bond donors (Lipinski definition) is 2. The summed E-state index contributed by atoms with van der Waals surface area (Å²) in [6.45, 7) is 0.0975. The number of allylic oxidation sites excluding steroid dienone is 1. The molecule has 34 heavy (non-hydrogen) atoms. The van der Waals surface area contributed by atoms with Crippen LogP contribution in [-0.2, 0) is 9.53 Å². The number of unbranched alkanes of at least 4 members (excludes halogenated alkanes) is 5. The number of esters is 1. The summed E-state index contributed by atoms with van der Waals surface area (Å²) in [5.41, 5.74) is 1.61. The highest BCUT2D eigenvalue weighted by molar-refractivity contribution is 5.69. The van der Waals surface area contributed by atoms with E-state index in [0.29, 0.717) is 13.0 Å². The lowest BCUT2D eigenvalue weighted by Crippen LogP contribution is -2.21. The number of ether oxygens (including phenoxy) is 2. The summed E-state index contributed by atoms with van der Waals surface area (Å²) in [4.78, 5) is 11.5. The van der Waals surface area contributed by atoms with Gasteiger partial charge in [0.1, 0.15) is 18.5 Å². The lowest BCUT2D eigenvalue weighted by molar-refractivity contribution is -0.147. The van der Waals surface area contributed by atoms with E-state index in [1.807, 2.05) is 54.6 Å². The van der Waals surface area contributed by atoms with Gasteiger partial charge in [-0.3, -0.25) is 4.79 Å². The molecule has 2 rings (SSSR count). The van der Waals surface area contributed by atoms with Crippen LogP contribution in [0.5, 0.6) is 5.75 Å². The van der Waals surface area contributed by atoms with Crippen molar-refractivity contribution >= 4 is 17.3 Å². The summed E-state index contributed by atoms with van der Waals surface area (Å²) in [5, 5.41) is 26.2. The van der Waals surface area contributed by atoms with E-state index in [0.717, 1.165) is 62.1 Å². The minimum Gasteiger partial charge on any atom is -0.493 e. The highest BCUT2D eigenvalue weighted by atomic mass is 16.5.